The molecule has 21 heavy (non-hydrogen) atoms. The third kappa shape index (κ3) is 2.92. The van der Waals surface area contributed by atoms with Gasteiger partial charge in [0, 0.05) is 6.54 Å². The number of carbonyl (C=O) groups is 1. The highest BCUT2D eigenvalue weighted by Crippen LogP contribution is 2.28. The van der Waals surface area contributed by atoms with Gasteiger partial charge in [0.25, 0.3) is 0 Å². The van der Waals surface area contributed by atoms with Gasteiger partial charge < -0.3 is 10.8 Å². The van der Waals surface area contributed by atoms with Gasteiger partial charge in [0.15, 0.2) is 11.6 Å². The van der Waals surface area contributed by atoms with Gasteiger partial charge >= 0.3 is 5.97 Å². The molecule has 0 fully saturated rings. The molecule has 3 nitrogen and oxygen atoms in total. The van der Waals surface area contributed by atoms with Crippen molar-refractivity contribution >= 4 is 5.97 Å². The summed E-state index contributed by atoms with van der Waals surface area (Å²) < 4.78 is 26.3. The Morgan fingerprint density at radius 3 is 2.29 bits per heavy atom. The van der Waals surface area contributed by atoms with E-state index in [1.54, 1.807) is 30.3 Å². The molecule has 5 heteroatoms. The van der Waals surface area contributed by atoms with Crippen LogP contribution >= 0.6 is 0 Å². The van der Waals surface area contributed by atoms with Gasteiger partial charge in [-0.25, -0.2) is 8.78 Å². The Bertz CT molecular complexity index is 646. The Balaban J connectivity index is 2.46. The lowest BCUT2D eigenvalue weighted by Gasteiger charge is -2.28. The Hall–Kier alpha value is -2.27. The number of hydrogen-bond acceptors (Lipinski definition) is 2. The van der Waals surface area contributed by atoms with Crippen LogP contribution in [-0.4, -0.2) is 17.6 Å². The van der Waals surface area contributed by atoms with E-state index in [2.05, 4.69) is 0 Å². The molecular weight excluding hydrogens is 276 g/mol. The van der Waals surface area contributed by atoms with Crippen molar-refractivity contribution in [3.63, 3.8) is 0 Å². The molecule has 3 N–H and O–H groups in total. The summed E-state index contributed by atoms with van der Waals surface area (Å²) in [5, 5.41) is 9.61. The summed E-state index contributed by atoms with van der Waals surface area (Å²) in [6.07, 6.45) is -0.0138. The number of halogens is 2. The third-order valence-corrected chi connectivity index (χ3v) is 3.57. The second kappa shape index (κ2) is 6.01. The van der Waals surface area contributed by atoms with Gasteiger partial charge in [0.1, 0.15) is 5.41 Å². The second-order valence-electron chi connectivity index (χ2n) is 4.88. The summed E-state index contributed by atoms with van der Waals surface area (Å²) in [5.74, 6) is -3.06. The van der Waals surface area contributed by atoms with Crippen LogP contribution < -0.4 is 5.73 Å². The van der Waals surface area contributed by atoms with E-state index in [1.165, 1.54) is 6.07 Å². The molecule has 0 aliphatic rings. The Morgan fingerprint density at radius 1 is 1.10 bits per heavy atom. The zero-order valence-electron chi connectivity index (χ0n) is 11.2. The number of hydrogen-bond donors (Lipinski definition) is 2. The van der Waals surface area contributed by atoms with Gasteiger partial charge in [-0.15, -0.1) is 0 Å². The van der Waals surface area contributed by atoms with Crippen LogP contribution in [0.4, 0.5) is 8.78 Å². The molecule has 0 radical (unpaired) electrons. The molecule has 0 heterocycles. The van der Waals surface area contributed by atoms with Crippen LogP contribution in [0.1, 0.15) is 11.1 Å². The number of aliphatic carboxylic acids is 1. The van der Waals surface area contributed by atoms with Crippen LogP contribution in [0.5, 0.6) is 0 Å². The molecule has 0 aliphatic heterocycles. The fraction of sp³-hybridized carbons (Fsp3) is 0.188. The molecular formula is C16H15F2NO2. The van der Waals surface area contributed by atoms with Crippen molar-refractivity contribution in [2.75, 3.05) is 6.54 Å². The van der Waals surface area contributed by atoms with Crippen LogP contribution in [0.3, 0.4) is 0 Å². The van der Waals surface area contributed by atoms with Crippen LogP contribution in [-0.2, 0) is 16.6 Å². The number of carboxylic acids is 1. The predicted molar refractivity (Wildman–Crippen MR) is 74.9 cm³/mol. The van der Waals surface area contributed by atoms with Crippen LogP contribution in [0.25, 0.3) is 0 Å². The van der Waals surface area contributed by atoms with Gasteiger partial charge in [-0.05, 0) is 29.7 Å². The highest BCUT2D eigenvalue weighted by atomic mass is 19.2. The molecule has 0 amide bonds. The number of nitrogens with two attached hydrogens (primary N) is 1. The molecule has 0 saturated heterocycles. The number of carboxylic acid groups (broad SMARTS) is 1. The fourth-order valence-corrected chi connectivity index (χ4v) is 2.33. The normalized spacial score (nSPS) is 13.7. The SMILES string of the molecule is NCC(Cc1ccc(F)c(F)c1)(C(=O)O)c1ccccc1. The highest BCUT2D eigenvalue weighted by molar-refractivity contribution is 5.82. The van der Waals surface area contributed by atoms with E-state index in [1.807, 2.05) is 0 Å². The maximum atomic E-state index is 13.3. The summed E-state index contributed by atoms with van der Waals surface area (Å²) in [5.41, 5.74) is 5.25. The molecule has 2 aromatic carbocycles. The molecule has 0 bridgehead atoms. The van der Waals surface area contributed by atoms with Crippen LogP contribution in [0.2, 0.25) is 0 Å². The first-order valence-electron chi connectivity index (χ1n) is 6.42. The average Bonchev–Trinajstić information content (AvgIpc) is 2.49. The van der Waals surface area contributed by atoms with Crippen LogP contribution in [0, 0.1) is 11.6 Å². The molecule has 2 rings (SSSR count). The summed E-state index contributed by atoms with van der Waals surface area (Å²) in [7, 11) is 0. The lowest BCUT2D eigenvalue weighted by Crippen LogP contribution is -2.45. The molecule has 1 atom stereocenters. The van der Waals surface area contributed by atoms with E-state index < -0.39 is 23.0 Å². The van der Waals surface area contributed by atoms with Crippen molar-refractivity contribution in [1.29, 1.82) is 0 Å². The maximum Gasteiger partial charge on any atom is 0.315 e. The predicted octanol–water partition coefficient (Wildman–Crippen LogP) is 2.49. The summed E-state index contributed by atoms with van der Waals surface area (Å²) >= 11 is 0. The molecule has 0 saturated carbocycles. The summed E-state index contributed by atoms with van der Waals surface area (Å²) in [4.78, 5) is 11.8. The zero-order valence-corrected chi connectivity index (χ0v) is 11.2. The fourth-order valence-electron chi connectivity index (χ4n) is 2.33. The van der Waals surface area contributed by atoms with Crippen molar-refractivity contribution in [2.45, 2.75) is 11.8 Å². The largest absolute Gasteiger partial charge is 0.481 e. The molecule has 0 spiro atoms. The van der Waals surface area contributed by atoms with Gasteiger partial charge in [0.05, 0.1) is 0 Å². The smallest absolute Gasteiger partial charge is 0.315 e. The first-order chi connectivity index (χ1) is 9.99. The van der Waals surface area contributed by atoms with E-state index in [0.29, 0.717) is 11.1 Å². The maximum absolute atomic E-state index is 13.3. The first kappa shape index (κ1) is 15.1. The van der Waals surface area contributed by atoms with Gasteiger partial charge in [-0.1, -0.05) is 36.4 Å². The van der Waals surface area contributed by atoms with Crippen molar-refractivity contribution in [3.8, 4) is 0 Å². The first-order valence-corrected chi connectivity index (χ1v) is 6.42. The quantitative estimate of drug-likeness (QED) is 0.889. The molecule has 1 unspecified atom stereocenters. The van der Waals surface area contributed by atoms with Crippen molar-refractivity contribution < 1.29 is 18.7 Å². The lowest BCUT2D eigenvalue weighted by molar-refractivity contribution is -0.143. The third-order valence-electron chi connectivity index (χ3n) is 3.57. The Labute approximate surface area is 121 Å². The van der Waals surface area contributed by atoms with Crippen molar-refractivity contribution in [2.24, 2.45) is 5.73 Å². The second-order valence-corrected chi connectivity index (χ2v) is 4.88. The van der Waals surface area contributed by atoms with Crippen molar-refractivity contribution in [3.05, 3.63) is 71.3 Å². The topological polar surface area (TPSA) is 63.3 Å². The summed E-state index contributed by atoms with van der Waals surface area (Å²) in [6, 6.07) is 11.9. The molecule has 0 aliphatic carbocycles. The van der Waals surface area contributed by atoms with Gasteiger partial charge in [0.2, 0.25) is 0 Å². The summed E-state index contributed by atoms with van der Waals surface area (Å²) in [6.45, 7) is -0.147. The average molecular weight is 291 g/mol. The van der Waals surface area contributed by atoms with Gasteiger partial charge in [-0.3, -0.25) is 4.79 Å². The molecule has 0 aromatic heterocycles. The van der Waals surface area contributed by atoms with E-state index in [4.69, 9.17) is 5.73 Å². The lowest BCUT2D eigenvalue weighted by atomic mass is 9.75. The van der Waals surface area contributed by atoms with E-state index in [9.17, 15) is 18.7 Å². The Morgan fingerprint density at radius 2 is 1.76 bits per heavy atom. The minimum absolute atomic E-state index is 0.0138. The molecule has 110 valence electrons. The van der Waals surface area contributed by atoms with E-state index >= 15 is 0 Å². The van der Waals surface area contributed by atoms with Crippen LogP contribution in [0.15, 0.2) is 48.5 Å². The van der Waals surface area contributed by atoms with E-state index in [-0.39, 0.29) is 13.0 Å². The number of benzene rings is 2. The monoisotopic (exact) mass is 291 g/mol. The minimum atomic E-state index is -1.37. The minimum Gasteiger partial charge on any atom is -0.481 e. The highest BCUT2D eigenvalue weighted by Gasteiger charge is 2.39. The Kier molecular flexibility index (Phi) is 4.33. The zero-order chi connectivity index (χ0) is 15.5. The van der Waals surface area contributed by atoms with E-state index in [0.717, 1.165) is 12.1 Å². The number of rotatable bonds is 5. The van der Waals surface area contributed by atoms with Gasteiger partial charge in [-0.2, -0.15) is 0 Å². The standard InChI is InChI=1S/C16H15F2NO2/c17-13-7-6-11(8-14(13)18)9-16(10-19,15(20)21)12-4-2-1-3-5-12/h1-8H,9-10,19H2,(H,20,21). The molecule has 2 aromatic rings. The van der Waals surface area contributed by atoms with Crippen molar-refractivity contribution in [1.82, 2.24) is 0 Å².